The molecule has 3 fully saturated rings. The van der Waals surface area contributed by atoms with Crippen LogP contribution in [0.4, 0.5) is 0 Å². The first-order chi connectivity index (χ1) is 13.6. The highest BCUT2D eigenvalue weighted by molar-refractivity contribution is 5.98. The third kappa shape index (κ3) is 2.06. The zero-order valence-electron chi connectivity index (χ0n) is 16.2. The molecule has 4 aliphatic carbocycles. The molecule has 1 amide bonds. The van der Waals surface area contributed by atoms with Gasteiger partial charge in [-0.05, 0) is 74.5 Å². The molecule has 5 atom stereocenters. The number of ether oxygens (including phenoxy) is 1. The first-order valence-electron chi connectivity index (χ1n) is 11.0. The maximum absolute atomic E-state index is 12.9. The summed E-state index contributed by atoms with van der Waals surface area (Å²) >= 11 is 0. The number of nitrogens with one attached hydrogen (secondary N) is 1. The van der Waals surface area contributed by atoms with Crippen LogP contribution in [0.25, 0.3) is 0 Å². The van der Waals surface area contributed by atoms with Gasteiger partial charge in [0.25, 0.3) is 5.91 Å². The molecule has 0 radical (unpaired) electrons. The van der Waals surface area contributed by atoms with Crippen molar-refractivity contribution in [2.75, 3.05) is 6.54 Å². The van der Waals surface area contributed by atoms with Gasteiger partial charge >= 0.3 is 0 Å². The molecular formula is C23H28N2O3. The molecule has 3 N–H and O–H groups in total. The lowest BCUT2D eigenvalue weighted by atomic mass is 9.47. The molecule has 5 heteroatoms. The summed E-state index contributed by atoms with van der Waals surface area (Å²) in [6.07, 6.45) is 8.30. The normalized spacial score (nSPS) is 37.8. The van der Waals surface area contributed by atoms with Gasteiger partial charge in [0, 0.05) is 23.4 Å². The number of hydrogen-bond acceptors (Lipinski definition) is 4. The Balaban J connectivity index is 1.43. The van der Waals surface area contributed by atoms with E-state index >= 15 is 0 Å². The van der Waals surface area contributed by atoms with Gasteiger partial charge in [0.15, 0.2) is 11.9 Å². The van der Waals surface area contributed by atoms with E-state index in [9.17, 15) is 9.59 Å². The number of benzene rings is 1. The number of Topliss-reactive ketones (excluding diaryl/α,β-unsaturated/α-hetero) is 1. The molecule has 1 spiro atoms. The van der Waals surface area contributed by atoms with Gasteiger partial charge in [-0.2, -0.15) is 0 Å². The summed E-state index contributed by atoms with van der Waals surface area (Å²) in [6.45, 7) is 1.14. The van der Waals surface area contributed by atoms with Crippen LogP contribution in [0.15, 0.2) is 12.1 Å². The van der Waals surface area contributed by atoms with Crippen LogP contribution < -0.4 is 15.8 Å². The van der Waals surface area contributed by atoms with E-state index in [2.05, 4.69) is 11.4 Å². The van der Waals surface area contributed by atoms with E-state index in [1.807, 2.05) is 6.07 Å². The highest BCUT2D eigenvalue weighted by Crippen LogP contribution is 2.64. The van der Waals surface area contributed by atoms with Crippen molar-refractivity contribution in [2.45, 2.75) is 68.9 Å². The summed E-state index contributed by atoms with van der Waals surface area (Å²) in [5.41, 5.74) is 8.27. The Hall–Kier alpha value is -1.88. The number of hydrogen-bond donors (Lipinski definition) is 2. The molecule has 1 aromatic rings. The number of carbonyl (C=O) groups excluding carboxylic acids is 2. The third-order valence-corrected chi connectivity index (χ3v) is 8.59. The van der Waals surface area contributed by atoms with E-state index in [0.717, 1.165) is 43.7 Å². The topological polar surface area (TPSA) is 81.4 Å². The zero-order chi connectivity index (χ0) is 19.0. The van der Waals surface area contributed by atoms with Crippen molar-refractivity contribution in [3.8, 4) is 5.75 Å². The first kappa shape index (κ1) is 17.0. The minimum atomic E-state index is -0.463. The number of ketones is 1. The van der Waals surface area contributed by atoms with Crippen LogP contribution in [0.2, 0.25) is 0 Å². The number of carbonyl (C=O) groups is 2. The molecule has 28 heavy (non-hydrogen) atoms. The lowest BCUT2D eigenvalue weighted by Crippen LogP contribution is -2.63. The summed E-state index contributed by atoms with van der Waals surface area (Å²) in [4.78, 5) is 24.9. The van der Waals surface area contributed by atoms with Gasteiger partial charge in [-0.25, -0.2) is 0 Å². The molecular weight excluding hydrogens is 352 g/mol. The van der Waals surface area contributed by atoms with Crippen LogP contribution in [-0.2, 0) is 16.6 Å². The van der Waals surface area contributed by atoms with E-state index in [1.54, 1.807) is 0 Å². The van der Waals surface area contributed by atoms with Crippen LogP contribution in [0.3, 0.4) is 0 Å². The predicted octanol–water partition coefficient (Wildman–Crippen LogP) is 2.49. The molecule has 1 aliphatic heterocycles. The molecule has 1 heterocycles. The second kappa shape index (κ2) is 5.82. The second-order valence-corrected chi connectivity index (χ2v) is 9.71. The molecule has 3 saturated carbocycles. The maximum atomic E-state index is 12.9. The van der Waals surface area contributed by atoms with E-state index in [0.29, 0.717) is 35.6 Å². The largest absolute Gasteiger partial charge is 0.481 e. The van der Waals surface area contributed by atoms with Crippen molar-refractivity contribution in [3.05, 3.63) is 28.8 Å². The van der Waals surface area contributed by atoms with Crippen molar-refractivity contribution in [1.82, 2.24) is 5.32 Å². The summed E-state index contributed by atoms with van der Waals surface area (Å²) in [5.74, 6) is 2.22. The Morgan fingerprint density at radius 1 is 1.25 bits per heavy atom. The van der Waals surface area contributed by atoms with E-state index in [-0.39, 0.29) is 11.2 Å². The lowest BCUT2D eigenvalue weighted by molar-refractivity contribution is -0.137. The zero-order valence-corrected chi connectivity index (χ0v) is 16.2. The highest BCUT2D eigenvalue weighted by Gasteiger charge is 2.65. The van der Waals surface area contributed by atoms with Crippen LogP contribution in [0, 0.1) is 17.8 Å². The van der Waals surface area contributed by atoms with Crippen LogP contribution >= 0.6 is 0 Å². The van der Waals surface area contributed by atoms with E-state index < -0.39 is 12.0 Å². The fourth-order valence-electron chi connectivity index (χ4n) is 7.13. The number of nitrogens with two attached hydrogens (primary N) is 1. The fraction of sp³-hybridized carbons (Fsp3) is 0.652. The van der Waals surface area contributed by atoms with Crippen molar-refractivity contribution in [3.63, 3.8) is 0 Å². The number of amides is 1. The Morgan fingerprint density at radius 3 is 2.86 bits per heavy atom. The van der Waals surface area contributed by atoms with Crippen molar-refractivity contribution in [2.24, 2.45) is 23.5 Å². The molecule has 1 aromatic carbocycles. The molecule has 2 bridgehead atoms. The van der Waals surface area contributed by atoms with Crippen molar-refractivity contribution < 1.29 is 14.3 Å². The smallest absolute Gasteiger partial charge is 0.252 e. The molecule has 1 unspecified atom stereocenters. The van der Waals surface area contributed by atoms with Gasteiger partial charge in [-0.1, -0.05) is 12.5 Å². The predicted molar refractivity (Wildman–Crippen MR) is 104 cm³/mol. The SMILES string of the molecule is NC(=O)c1ccc2c3c1O[C@H]1C(=O)CC[C@H]4[C@@H](C2)C(NCC2CCC2)CC[C@]314. The van der Waals surface area contributed by atoms with Crippen LogP contribution in [-0.4, -0.2) is 30.4 Å². The van der Waals surface area contributed by atoms with Crippen LogP contribution in [0.1, 0.15) is 66.4 Å². The standard InChI is InChI=1S/C23H28N2O3/c24-22(27)14-5-4-13-10-15-16-6-7-18(26)21-23(16,19(13)20(14)28-21)9-8-17(15)25-11-12-2-1-3-12/h4-5,12,15-17,21,25H,1-3,6-11H2,(H2,24,27)/t15-,16+,17?,21+,23+/m1/s1. The first-order valence-corrected chi connectivity index (χ1v) is 11.0. The Bertz CT molecular complexity index is 877. The van der Waals surface area contributed by atoms with Crippen molar-refractivity contribution >= 4 is 11.7 Å². The summed E-state index contributed by atoms with van der Waals surface area (Å²) in [7, 11) is 0. The minimum absolute atomic E-state index is 0.204. The molecule has 0 aromatic heterocycles. The molecule has 0 saturated heterocycles. The number of primary amides is 1. The van der Waals surface area contributed by atoms with Gasteiger partial charge in [0.05, 0.1) is 5.56 Å². The van der Waals surface area contributed by atoms with Gasteiger partial charge < -0.3 is 15.8 Å². The Labute approximate surface area is 165 Å². The lowest BCUT2D eigenvalue weighted by Gasteiger charge is -2.56. The van der Waals surface area contributed by atoms with Crippen LogP contribution in [0.5, 0.6) is 5.75 Å². The average Bonchev–Trinajstić information content (AvgIpc) is 2.98. The quantitative estimate of drug-likeness (QED) is 0.841. The summed E-state index contributed by atoms with van der Waals surface area (Å²) in [5, 5.41) is 3.91. The van der Waals surface area contributed by atoms with Gasteiger partial charge in [0.2, 0.25) is 0 Å². The molecule has 148 valence electrons. The van der Waals surface area contributed by atoms with Crippen molar-refractivity contribution in [1.29, 1.82) is 0 Å². The van der Waals surface area contributed by atoms with Gasteiger partial charge in [-0.15, -0.1) is 0 Å². The van der Waals surface area contributed by atoms with Gasteiger partial charge in [0.1, 0.15) is 5.75 Å². The molecule has 5 aliphatic rings. The fourth-order valence-corrected chi connectivity index (χ4v) is 7.13. The summed E-state index contributed by atoms with van der Waals surface area (Å²) < 4.78 is 6.27. The minimum Gasteiger partial charge on any atom is -0.481 e. The Morgan fingerprint density at radius 2 is 2.11 bits per heavy atom. The monoisotopic (exact) mass is 380 g/mol. The summed E-state index contributed by atoms with van der Waals surface area (Å²) in [6, 6.07) is 4.41. The molecule has 6 rings (SSSR count). The van der Waals surface area contributed by atoms with E-state index in [4.69, 9.17) is 10.5 Å². The average molecular weight is 380 g/mol. The maximum Gasteiger partial charge on any atom is 0.252 e. The highest BCUT2D eigenvalue weighted by atomic mass is 16.5. The van der Waals surface area contributed by atoms with E-state index in [1.165, 1.54) is 24.8 Å². The second-order valence-electron chi connectivity index (χ2n) is 9.71. The molecule has 5 nitrogen and oxygen atoms in total. The third-order valence-electron chi connectivity index (χ3n) is 8.59. The van der Waals surface area contributed by atoms with Gasteiger partial charge in [-0.3, -0.25) is 9.59 Å². The number of rotatable bonds is 4. The Kier molecular flexibility index (Phi) is 3.54.